The predicted octanol–water partition coefficient (Wildman–Crippen LogP) is 5.04. The van der Waals surface area contributed by atoms with Gasteiger partial charge in [0.25, 0.3) is 11.6 Å². The second-order valence-corrected chi connectivity index (χ2v) is 7.06. The monoisotopic (exact) mass is 443 g/mol. The molecule has 0 aromatic heterocycles. The van der Waals surface area contributed by atoms with E-state index in [4.69, 9.17) is 9.47 Å². The number of aryl methyl sites for hydroxylation is 1. The molecule has 0 atom stereocenters. The third-order valence-corrected chi connectivity index (χ3v) is 4.77. The summed E-state index contributed by atoms with van der Waals surface area (Å²) in [6.45, 7) is 2.00. The smallest absolute Gasteiger partial charge is 0.269 e. The average Bonchev–Trinajstić information content (AvgIpc) is 2.83. The molecule has 3 aromatic carbocycles. The summed E-state index contributed by atoms with van der Waals surface area (Å²) in [6.07, 6.45) is 1.43. The molecule has 8 nitrogen and oxygen atoms in total. The van der Waals surface area contributed by atoms with Crippen molar-refractivity contribution < 1.29 is 19.2 Å². The molecule has 3 aromatic rings. The first kappa shape index (κ1) is 23.0. The van der Waals surface area contributed by atoms with E-state index in [1.165, 1.54) is 31.4 Å². The van der Waals surface area contributed by atoms with Crippen molar-refractivity contribution in [3.05, 3.63) is 99.1 Å². The van der Waals surface area contributed by atoms with Gasteiger partial charge in [0.05, 0.1) is 12.0 Å². The second kappa shape index (κ2) is 10.6. The molecule has 0 saturated carbocycles. The Morgan fingerprint density at radius 1 is 1.12 bits per heavy atom. The van der Waals surface area contributed by atoms with Crippen molar-refractivity contribution in [3.63, 3.8) is 0 Å². The van der Waals surface area contributed by atoms with Crippen LogP contribution in [0.4, 0.5) is 11.4 Å². The number of nitro benzene ring substituents is 1. The van der Waals surface area contributed by atoms with E-state index < -0.39 is 10.8 Å². The first-order chi connectivity index (χ1) is 15.9. The first-order valence-electron chi connectivity index (χ1n) is 9.94. The lowest BCUT2D eigenvalue weighted by Crippen LogP contribution is -2.14. The molecule has 0 aliphatic heterocycles. The van der Waals surface area contributed by atoms with Gasteiger partial charge in [-0.3, -0.25) is 14.9 Å². The number of rotatable bonds is 8. The highest BCUT2D eigenvalue weighted by Gasteiger charge is 2.14. The van der Waals surface area contributed by atoms with Gasteiger partial charge in [0, 0.05) is 17.8 Å². The molecule has 8 heteroatoms. The largest absolute Gasteiger partial charge is 0.493 e. The Kier molecular flexibility index (Phi) is 7.39. The maximum Gasteiger partial charge on any atom is 0.269 e. The summed E-state index contributed by atoms with van der Waals surface area (Å²) in [5.41, 5.74) is 2.26. The van der Waals surface area contributed by atoms with Crippen LogP contribution < -0.4 is 14.8 Å². The molecule has 0 bridgehead atoms. The van der Waals surface area contributed by atoms with E-state index in [9.17, 15) is 20.2 Å². The predicted molar refractivity (Wildman–Crippen MR) is 124 cm³/mol. The Labute approximate surface area is 190 Å². The Hall–Kier alpha value is -4.64. The number of nitro groups is 1. The molecule has 3 rings (SSSR count). The molecule has 0 saturated heterocycles. The van der Waals surface area contributed by atoms with Crippen LogP contribution in [-0.4, -0.2) is 17.9 Å². The van der Waals surface area contributed by atoms with E-state index in [0.29, 0.717) is 34.9 Å². The molecule has 1 amide bonds. The van der Waals surface area contributed by atoms with E-state index >= 15 is 0 Å². The van der Waals surface area contributed by atoms with Crippen LogP contribution in [0.1, 0.15) is 16.7 Å². The van der Waals surface area contributed by atoms with Gasteiger partial charge in [-0.05, 0) is 47.9 Å². The van der Waals surface area contributed by atoms with E-state index in [-0.39, 0.29) is 11.3 Å². The fourth-order valence-electron chi connectivity index (χ4n) is 3.04. The lowest BCUT2D eigenvalue weighted by Gasteiger charge is -2.12. The summed E-state index contributed by atoms with van der Waals surface area (Å²) in [7, 11) is 1.51. The van der Waals surface area contributed by atoms with E-state index in [1.807, 2.05) is 36.4 Å². The number of ether oxygens (including phenoxy) is 2. The number of nitrogens with zero attached hydrogens (tertiary/aromatic N) is 2. The van der Waals surface area contributed by atoms with E-state index in [1.54, 1.807) is 25.1 Å². The van der Waals surface area contributed by atoms with E-state index in [2.05, 4.69) is 5.32 Å². The van der Waals surface area contributed by atoms with Crippen molar-refractivity contribution in [3.8, 4) is 17.6 Å². The highest BCUT2D eigenvalue weighted by molar-refractivity contribution is 6.10. The number of non-ortho nitro benzene ring substituents is 1. The summed E-state index contributed by atoms with van der Waals surface area (Å²) in [5, 5.41) is 23.0. The van der Waals surface area contributed by atoms with Crippen LogP contribution in [0.2, 0.25) is 0 Å². The molecular weight excluding hydrogens is 422 g/mol. The van der Waals surface area contributed by atoms with Gasteiger partial charge in [-0.2, -0.15) is 5.26 Å². The van der Waals surface area contributed by atoms with Crippen molar-refractivity contribution in [2.75, 3.05) is 12.4 Å². The van der Waals surface area contributed by atoms with Crippen molar-refractivity contribution >= 4 is 23.4 Å². The quantitative estimate of drug-likeness (QED) is 0.226. The number of nitrogens with one attached hydrogen (secondary N) is 1. The van der Waals surface area contributed by atoms with Crippen molar-refractivity contribution in [2.24, 2.45) is 0 Å². The average molecular weight is 443 g/mol. The van der Waals surface area contributed by atoms with Gasteiger partial charge in [-0.15, -0.1) is 0 Å². The van der Waals surface area contributed by atoms with Crippen LogP contribution in [0.25, 0.3) is 6.08 Å². The fraction of sp³-hybridized carbons (Fsp3) is 0.120. The van der Waals surface area contributed by atoms with Gasteiger partial charge in [0.15, 0.2) is 11.5 Å². The summed E-state index contributed by atoms with van der Waals surface area (Å²) in [4.78, 5) is 23.0. The van der Waals surface area contributed by atoms with Crippen LogP contribution in [0, 0.1) is 28.4 Å². The Morgan fingerprint density at radius 3 is 2.52 bits per heavy atom. The lowest BCUT2D eigenvalue weighted by atomic mass is 10.1. The second-order valence-electron chi connectivity index (χ2n) is 7.06. The van der Waals surface area contributed by atoms with Crippen LogP contribution >= 0.6 is 0 Å². The third-order valence-electron chi connectivity index (χ3n) is 4.77. The zero-order chi connectivity index (χ0) is 23.8. The maximum atomic E-state index is 12.6. The molecule has 0 aliphatic carbocycles. The van der Waals surface area contributed by atoms with Crippen LogP contribution in [0.3, 0.4) is 0 Å². The molecule has 0 radical (unpaired) electrons. The molecule has 0 fully saturated rings. The number of hydrogen-bond acceptors (Lipinski definition) is 6. The Balaban J connectivity index is 1.76. The number of amides is 1. The van der Waals surface area contributed by atoms with Crippen molar-refractivity contribution in [1.29, 1.82) is 5.26 Å². The highest BCUT2D eigenvalue weighted by Crippen LogP contribution is 2.30. The van der Waals surface area contributed by atoms with Crippen molar-refractivity contribution in [1.82, 2.24) is 0 Å². The van der Waals surface area contributed by atoms with Gasteiger partial charge in [-0.25, -0.2) is 0 Å². The minimum Gasteiger partial charge on any atom is -0.493 e. The normalized spacial score (nSPS) is 10.8. The summed E-state index contributed by atoms with van der Waals surface area (Å²) in [5.74, 6) is 0.365. The maximum absolute atomic E-state index is 12.6. The zero-order valence-corrected chi connectivity index (χ0v) is 18.1. The number of methoxy groups -OCH3 is 1. The topological polar surface area (TPSA) is 114 Å². The highest BCUT2D eigenvalue weighted by atomic mass is 16.6. The fourth-order valence-corrected chi connectivity index (χ4v) is 3.04. The Morgan fingerprint density at radius 2 is 1.88 bits per heavy atom. The SMILES string of the molecule is COc1cc(/C=C(\C#N)C(=O)Nc2ccc([N+](=O)[O-])cc2C)ccc1OCc1ccccc1. The summed E-state index contributed by atoms with van der Waals surface area (Å²) >= 11 is 0. The van der Waals surface area contributed by atoms with Crippen LogP contribution in [0.5, 0.6) is 11.5 Å². The number of carbonyl (C=O) groups excluding carboxylic acids is 1. The number of carbonyl (C=O) groups is 1. The molecule has 1 N–H and O–H groups in total. The van der Waals surface area contributed by atoms with Gasteiger partial charge < -0.3 is 14.8 Å². The Bertz CT molecular complexity index is 1250. The molecule has 0 heterocycles. The van der Waals surface area contributed by atoms with Gasteiger partial charge >= 0.3 is 0 Å². The minimum atomic E-state index is -0.627. The third kappa shape index (κ3) is 5.95. The van der Waals surface area contributed by atoms with Crippen LogP contribution in [0.15, 0.2) is 72.3 Å². The molecule has 166 valence electrons. The zero-order valence-electron chi connectivity index (χ0n) is 18.1. The van der Waals surface area contributed by atoms with Crippen molar-refractivity contribution in [2.45, 2.75) is 13.5 Å². The molecule has 0 aliphatic rings. The number of anilines is 1. The standard InChI is InChI=1S/C25H21N3O5/c1-17-12-21(28(30)31)9-10-22(17)27-25(29)20(15-26)13-19-8-11-23(24(14-19)32-2)33-16-18-6-4-3-5-7-18/h3-14H,16H2,1-2H3,(H,27,29)/b20-13+. The number of nitriles is 1. The minimum absolute atomic E-state index is 0.0804. The van der Waals surface area contributed by atoms with Gasteiger partial charge in [-0.1, -0.05) is 36.4 Å². The lowest BCUT2D eigenvalue weighted by molar-refractivity contribution is -0.384. The van der Waals surface area contributed by atoms with E-state index in [0.717, 1.165) is 5.56 Å². The number of benzene rings is 3. The van der Waals surface area contributed by atoms with Gasteiger partial charge in [0.2, 0.25) is 0 Å². The molecule has 0 unspecified atom stereocenters. The van der Waals surface area contributed by atoms with Gasteiger partial charge in [0.1, 0.15) is 18.2 Å². The van der Waals surface area contributed by atoms with Crippen LogP contribution in [-0.2, 0) is 11.4 Å². The summed E-state index contributed by atoms with van der Waals surface area (Å²) < 4.78 is 11.2. The molecular formula is C25H21N3O5. The molecule has 33 heavy (non-hydrogen) atoms. The first-order valence-corrected chi connectivity index (χ1v) is 9.94. The summed E-state index contributed by atoms with van der Waals surface area (Å²) in [6, 6.07) is 20.7. The number of hydrogen-bond donors (Lipinski definition) is 1. The molecule has 0 spiro atoms.